The van der Waals surface area contributed by atoms with E-state index in [-0.39, 0.29) is 11.1 Å². The molecule has 2 aromatic carbocycles. The molecule has 0 unspecified atom stereocenters. The minimum atomic E-state index is 0.00384. The Morgan fingerprint density at radius 2 is 0.723 bits per heavy atom. The van der Waals surface area contributed by atoms with Crippen LogP contribution in [0, 0.1) is 10.8 Å². The standard InChI is InChI=1S/C15H21N.C14H19NO.C12H23N.C11H21N.4C2H6/c1-14(2,3)16-10-15(11-16)9-8-12-6-4-5-7-13(12)15;1-13(2,3)15-9-14(10-15)12-7-5-4-6-11(12)8-16-14;1-11(2,3)13-9-12(10-13)7-5-4-6-8-12;1-10(2,3)12-8-11(9-12)6-4-5-7-11;4*1-2/h4-7H,8-11H2,1-3H3;4-7H,8-10H2,1-3H3;4-10H2,1-3H3;4-9H2,1-3H3;4*1-2H3. The highest BCUT2D eigenvalue weighted by atomic mass is 16.5. The van der Waals surface area contributed by atoms with Crippen molar-refractivity contribution < 1.29 is 4.74 Å². The minimum absolute atomic E-state index is 0.00384. The molecule has 5 aliphatic heterocycles. The predicted octanol–water partition coefficient (Wildman–Crippen LogP) is 15.3. The van der Waals surface area contributed by atoms with E-state index in [4.69, 9.17) is 4.74 Å². The molecule has 4 spiro atoms. The van der Waals surface area contributed by atoms with Gasteiger partial charge in [-0.1, -0.05) is 136 Å². The minimum Gasteiger partial charge on any atom is -0.363 e. The van der Waals surface area contributed by atoms with E-state index < -0.39 is 0 Å². The molecule has 65 heavy (non-hydrogen) atoms. The Morgan fingerprint density at radius 1 is 0.385 bits per heavy atom. The van der Waals surface area contributed by atoms with Crippen molar-refractivity contribution in [2.75, 3.05) is 52.4 Å². The van der Waals surface area contributed by atoms with Crippen LogP contribution in [-0.4, -0.2) is 94.1 Å². The van der Waals surface area contributed by atoms with Crippen molar-refractivity contribution in [1.82, 2.24) is 19.6 Å². The molecular weight excluding hydrogens is 793 g/mol. The monoisotopic (exact) mass is 901 g/mol. The lowest BCUT2D eigenvalue weighted by atomic mass is 9.67. The van der Waals surface area contributed by atoms with Gasteiger partial charge < -0.3 is 4.74 Å². The van der Waals surface area contributed by atoms with Crippen LogP contribution in [0.1, 0.15) is 225 Å². The van der Waals surface area contributed by atoms with Crippen molar-refractivity contribution in [3.8, 4) is 0 Å². The zero-order valence-electron chi connectivity index (χ0n) is 47.0. The number of rotatable bonds is 0. The molecule has 0 radical (unpaired) electrons. The van der Waals surface area contributed by atoms with Gasteiger partial charge in [0.25, 0.3) is 0 Å². The Morgan fingerprint density at radius 3 is 1.14 bits per heavy atom. The summed E-state index contributed by atoms with van der Waals surface area (Å²) in [6.45, 7) is 54.6. The summed E-state index contributed by atoms with van der Waals surface area (Å²) in [5.41, 5.74) is 9.45. The summed E-state index contributed by atoms with van der Waals surface area (Å²) < 4.78 is 6.03. The van der Waals surface area contributed by atoms with Gasteiger partial charge >= 0.3 is 0 Å². The second-order valence-corrected chi connectivity index (χ2v) is 24.3. The lowest BCUT2D eigenvalue weighted by molar-refractivity contribution is -0.167. The van der Waals surface area contributed by atoms with Crippen molar-refractivity contribution in [2.45, 2.75) is 249 Å². The molecule has 2 aromatic rings. The largest absolute Gasteiger partial charge is 0.363 e. The van der Waals surface area contributed by atoms with E-state index in [1.165, 1.54) is 121 Å². The third-order valence-corrected chi connectivity index (χ3v) is 15.8. The number of likely N-dealkylation sites (tertiary alicyclic amines) is 4. The van der Waals surface area contributed by atoms with Gasteiger partial charge in [-0.05, 0) is 155 Å². The summed E-state index contributed by atoms with van der Waals surface area (Å²) in [4.78, 5) is 10.3. The Labute approximate surface area is 405 Å². The maximum atomic E-state index is 6.03. The number of benzene rings is 2. The molecule has 4 saturated heterocycles. The van der Waals surface area contributed by atoms with Gasteiger partial charge in [-0.2, -0.15) is 0 Å². The van der Waals surface area contributed by atoms with Gasteiger partial charge in [0.2, 0.25) is 0 Å². The molecule has 8 aliphatic rings. The van der Waals surface area contributed by atoms with Crippen LogP contribution in [0.4, 0.5) is 0 Å². The van der Waals surface area contributed by atoms with Crippen molar-refractivity contribution in [2.24, 2.45) is 10.8 Å². The lowest BCUT2D eigenvalue weighted by Gasteiger charge is -2.57. The van der Waals surface area contributed by atoms with E-state index in [1.807, 2.05) is 55.4 Å². The van der Waals surface area contributed by atoms with Gasteiger partial charge in [0.15, 0.2) is 0 Å². The van der Waals surface area contributed by atoms with Crippen molar-refractivity contribution >= 4 is 0 Å². The molecular formula is C60H108N4O. The molecule has 6 fully saturated rings. The fourth-order valence-electron chi connectivity index (χ4n) is 11.5. The van der Waals surface area contributed by atoms with E-state index in [0.29, 0.717) is 22.0 Å². The summed E-state index contributed by atoms with van der Waals surface area (Å²) in [7, 11) is 0. The molecule has 2 saturated carbocycles. The molecule has 0 N–H and O–H groups in total. The van der Waals surface area contributed by atoms with Gasteiger partial charge in [0.05, 0.1) is 6.61 Å². The zero-order chi connectivity index (χ0) is 49.1. The van der Waals surface area contributed by atoms with Crippen LogP contribution in [0.5, 0.6) is 0 Å². The van der Waals surface area contributed by atoms with E-state index >= 15 is 0 Å². The molecule has 0 amide bonds. The third-order valence-electron chi connectivity index (χ3n) is 15.8. The Hall–Kier alpha value is -1.76. The van der Waals surface area contributed by atoms with Crippen LogP contribution >= 0.6 is 0 Å². The SMILES string of the molecule is CC.CC.CC.CC.CC(C)(C)N1CC2(C1)OCc1ccccc12.CC(C)(C)N1CC2(CCCC2)C1.CC(C)(C)N1CC2(CCCCC2)C1.CC(C)(C)N1CC2(CCc3ccccc32)C1. The molecule has 3 aliphatic carbocycles. The second kappa shape index (κ2) is 23.7. The first-order valence-electron chi connectivity index (χ1n) is 27.4. The van der Waals surface area contributed by atoms with Crippen LogP contribution < -0.4 is 0 Å². The molecule has 0 aromatic heterocycles. The topological polar surface area (TPSA) is 22.2 Å². The van der Waals surface area contributed by atoms with Crippen LogP contribution in [0.15, 0.2) is 48.5 Å². The van der Waals surface area contributed by atoms with E-state index in [2.05, 4.69) is 151 Å². The first-order valence-corrected chi connectivity index (χ1v) is 27.4. The van der Waals surface area contributed by atoms with E-state index in [9.17, 15) is 0 Å². The molecule has 5 heteroatoms. The summed E-state index contributed by atoms with van der Waals surface area (Å²) >= 11 is 0. The third kappa shape index (κ3) is 14.0. The quantitative estimate of drug-likeness (QED) is 0.262. The normalized spacial score (nSPS) is 23.0. The zero-order valence-corrected chi connectivity index (χ0v) is 47.0. The molecule has 10 rings (SSSR count). The number of nitrogens with zero attached hydrogens (tertiary/aromatic N) is 4. The average molecular weight is 902 g/mol. The van der Waals surface area contributed by atoms with Crippen LogP contribution in [0.25, 0.3) is 0 Å². The number of fused-ring (bicyclic) bond motifs is 4. The summed E-state index contributed by atoms with van der Waals surface area (Å²) in [5.74, 6) is 0. The maximum Gasteiger partial charge on any atom is 0.119 e. The summed E-state index contributed by atoms with van der Waals surface area (Å²) in [5, 5.41) is 0. The Balaban J connectivity index is 0.000000220. The summed E-state index contributed by atoms with van der Waals surface area (Å²) in [6.07, 6.45) is 16.1. The predicted molar refractivity (Wildman–Crippen MR) is 286 cm³/mol. The molecule has 5 nitrogen and oxygen atoms in total. The van der Waals surface area contributed by atoms with Crippen molar-refractivity contribution in [3.05, 3.63) is 70.8 Å². The van der Waals surface area contributed by atoms with Crippen LogP contribution in [0.3, 0.4) is 0 Å². The highest BCUT2D eigenvalue weighted by Gasteiger charge is 2.53. The first kappa shape index (κ1) is 57.6. The highest BCUT2D eigenvalue weighted by molar-refractivity contribution is 5.42. The number of aryl methyl sites for hydroxylation is 1. The molecule has 0 atom stereocenters. The second-order valence-electron chi connectivity index (χ2n) is 24.3. The molecule has 374 valence electrons. The average Bonchev–Trinajstić information content (AvgIpc) is 3.98. The van der Waals surface area contributed by atoms with Gasteiger partial charge in [0.1, 0.15) is 5.60 Å². The Bertz CT molecular complexity index is 1560. The highest BCUT2D eigenvalue weighted by Crippen LogP contribution is 2.50. The molecule has 0 bridgehead atoms. The maximum absolute atomic E-state index is 6.03. The summed E-state index contributed by atoms with van der Waals surface area (Å²) in [6, 6.07) is 17.7. The number of hydrogen-bond donors (Lipinski definition) is 0. The first-order chi connectivity index (χ1) is 30.6. The fraction of sp³-hybridized carbons (Fsp3) is 0.800. The van der Waals surface area contributed by atoms with Crippen molar-refractivity contribution in [3.63, 3.8) is 0 Å². The van der Waals surface area contributed by atoms with Crippen molar-refractivity contribution in [1.29, 1.82) is 0 Å². The van der Waals surface area contributed by atoms with Crippen LogP contribution in [-0.2, 0) is 28.8 Å². The van der Waals surface area contributed by atoms with E-state index in [0.717, 1.165) is 30.5 Å². The fourth-order valence-corrected chi connectivity index (χ4v) is 11.5. The van der Waals surface area contributed by atoms with E-state index in [1.54, 1.807) is 11.1 Å². The van der Waals surface area contributed by atoms with Gasteiger partial charge in [-0.3, -0.25) is 19.6 Å². The number of ether oxygens (including phenoxy) is 1. The van der Waals surface area contributed by atoms with Gasteiger partial charge in [-0.25, -0.2) is 0 Å². The Kier molecular flexibility index (Phi) is 21.0. The lowest BCUT2D eigenvalue weighted by Crippen LogP contribution is -2.64. The van der Waals surface area contributed by atoms with Gasteiger partial charge in [0, 0.05) is 79.9 Å². The number of hydrogen-bond acceptors (Lipinski definition) is 5. The molecule has 5 heterocycles. The van der Waals surface area contributed by atoms with Crippen LogP contribution in [0.2, 0.25) is 0 Å². The smallest absolute Gasteiger partial charge is 0.119 e. The van der Waals surface area contributed by atoms with Gasteiger partial charge in [-0.15, -0.1) is 0 Å².